The Kier molecular flexibility index (Phi) is 5.91. The molecule has 130 valence electrons. The molecule has 5 unspecified atom stereocenters. The molecule has 24 heavy (non-hydrogen) atoms. The lowest BCUT2D eigenvalue weighted by Gasteiger charge is -2.41. The maximum atomic E-state index is 4.51. The second kappa shape index (κ2) is 7.55. The standard InChI is InChI=1S/C24H34/c1-9-21(15(2)3)14-16(4)17(5)24-19(7)18(6)22-12-10-11-13-23(22)20(24)8/h10-13,17-18,20-21,24H,2,4,7,9,14H2,1,3,5-6,8H3. The second-order valence-corrected chi connectivity index (χ2v) is 7.84. The molecule has 0 bridgehead atoms. The molecule has 0 aliphatic heterocycles. The van der Waals surface area contributed by atoms with Crippen molar-refractivity contribution < 1.29 is 0 Å². The largest absolute Gasteiger partial charge is 0.0998 e. The van der Waals surface area contributed by atoms with E-state index in [0.29, 0.717) is 29.6 Å². The van der Waals surface area contributed by atoms with Crippen molar-refractivity contribution in [2.45, 2.75) is 59.3 Å². The molecule has 0 spiro atoms. The molecule has 1 aromatic rings. The van der Waals surface area contributed by atoms with E-state index in [-0.39, 0.29) is 0 Å². The highest BCUT2D eigenvalue weighted by molar-refractivity contribution is 5.44. The van der Waals surface area contributed by atoms with Crippen molar-refractivity contribution in [2.24, 2.45) is 17.8 Å². The third-order valence-electron chi connectivity index (χ3n) is 6.36. The number of allylic oxidation sites excluding steroid dienone is 3. The highest BCUT2D eigenvalue weighted by Crippen LogP contribution is 2.49. The molecular formula is C24H34. The molecular weight excluding hydrogens is 288 g/mol. The van der Waals surface area contributed by atoms with Crippen molar-refractivity contribution in [2.75, 3.05) is 0 Å². The molecule has 0 radical (unpaired) electrons. The molecule has 0 fully saturated rings. The Morgan fingerprint density at radius 3 is 2.25 bits per heavy atom. The number of rotatable bonds is 6. The van der Waals surface area contributed by atoms with Crippen LogP contribution in [0.2, 0.25) is 0 Å². The minimum absolute atomic E-state index is 0.431. The van der Waals surface area contributed by atoms with Gasteiger partial charge in [0.2, 0.25) is 0 Å². The Labute approximate surface area is 149 Å². The molecule has 2 rings (SSSR count). The first-order valence-corrected chi connectivity index (χ1v) is 9.40. The van der Waals surface area contributed by atoms with Crippen LogP contribution in [0, 0.1) is 17.8 Å². The first-order chi connectivity index (χ1) is 11.3. The van der Waals surface area contributed by atoms with Crippen LogP contribution in [0.15, 0.2) is 60.7 Å². The van der Waals surface area contributed by atoms with Crippen LogP contribution < -0.4 is 0 Å². The molecule has 0 saturated carbocycles. The van der Waals surface area contributed by atoms with E-state index in [1.54, 1.807) is 0 Å². The Bertz CT molecular complexity index is 633. The fraction of sp³-hybridized carbons (Fsp3) is 0.500. The van der Waals surface area contributed by atoms with Gasteiger partial charge < -0.3 is 0 Å². The highest BCUT2D eigenvalue weighted by Gasteiger charge is 2.37. The Morgan fingerprint density at radius 1 is 1.12 bits per heavy atom. The van der Waals surface area contributed by atoms with Gasteiger partial charge >= 0.3 is 0 Å². The summed E-state index contributed by atoms with van der Waals surface area (Å²) in [7, 11) is 0. The third-order valence-corrected chi connectivity index (χ3v) is 6.36. The summed E-state index contributed by atoms with van der Waals surface area (Å²) in [6, 6.07) is 8.89. The molecule has 1 aromatic carbocycles. The molecule has 0 aromatic heterocycles. The summed E-state index contributed by atoms with van der Waals surface area (Å²) in [5, 5.41) is 0. The van der Waals surface area contributed by atoms with E-state index in [4.69, 9.17) is 0 Å². The van der Waals surface area contributed by atoms with E-state index in [1.165, 1.54) is 27.8 Å². The molecule has 0 nitrogen and oxygen atoms in total. The normalized spacial score (nSPS) is 25.7. The van der Waals surface area contributed by atoms with Gasteiger partial charge in [-0.15, -0.1) is 0 Å². The summed E-state index contributed by atoms with van der Waals surface area (Å²) in [4.78, 5) is 0. The fourth-order valence-corrected chi connectivity index (χ4v) is 4.50. The molecule has 5 atom stereocenters. The van der Waals surface area contributed by atoms with Gasteiger partial charge in [-0.1, -0.05) is 88.4 Å². The molecule has 0 N–H and O–H groups in total. The van der Waals surface area contributed by atoms with Crippen LogP contribution in [0.1, 0.15) is 70.4 Å². The minimum atomic E-state index is 0.431. The van der Waals surface area contributed by atoms with Crippen molar-refractivity contribution in [1.29, 1.82) is 0 Å². The smallest absolute Gasteiger partial charge is 0.00231 e. The first kappa shape index (κ1) is 18.8. The quantitative estimate of drug-likeness (QED) is 0.483. The molecule has 1 aliphatic rings. The lowest BCUT2D eigenvalue weighted by atomic mass is 9.63. The van der Waals surface area contributed by atoms with Gasteiger partial charge in [0.05, 0.1) is 0 Å². The SMILES string of the molecule is C=C(C)C(CC)CC(=C)C(C)C1C(=C)C(C)c2ccccc2C1C. The Balaban J connectivity index is 2.26. The molecule has 0 heterocycles. The monoisotopic (exact) mass is 322 g/mol. The van der Waals surface area contributed by atoms with Crippen molar-refractivity contribution in [1.82, 2.24) is 0 Å². The summed E-state index contributed by atoms with van der Waals surface area (Å²) in [6.07, 6.45) is 2.20. The van der Waals surface area contributed by atoms with Gasteiger partial charge in [0.1, 0.15) is 0 Å². The number of benzene rings is 1. The Hall–Kier alpha value is -1.56. The summed E-state index contributed by atoms with van der Waals surface area (Å²) >= 11 is 0. The van der Waals surface area contributed by atoms with Crippen molar-refractivity contribution in [3.63, 3.8) is 0 Å². The predicted molar refractivity (Wildman–Crippen MR) is 107 cm³/mol. The summed E-state index contributed by atoms with van der Waals surface area (Å²) in [5.74, 6) is 2.42. The van der Waals surface area contributed by atoms with Gasteiger partial charge in [0, 0.05) is 5.92 Å². The van der Waals surface area contributed by atoms with Gasteiger partial charge in [0.15, 0.2) is 0 Å². The van der Waals surface area contributed by atoms with Crippen LogP contribution in [0.4, 0.5) is 0 Å². The second-order valence-electron chi connectivity index (χ2n) is 7.84. The van der Waals surface area contributed by atoms with Crippen LogP contribution in [0.3, 0.4) is 0 Å². The van der Waals surface area contributed by atoms with Gasteiger partial charge in [-0.3, -0.25) is 0 Å². The van der Waals surface area contributed by atoms with Gasteiger partial charge in [-0.05, 0) is 54.6 Å². The summed E-state index contributed by atoms with van der Waals surface area (Å²) in [5.41, 5.74) is 6.96. The van der Waals surface area contributed by atoms with Crippen molar-refractivity contribution in [3.8, 4) is 0 Å². The van der Waals surface area contributed by atoms with E-state index in [2.05, 4.69) is 78.6 Å². The zero-order valence-electron chi connectivity index (χ0n) is 16.2. The molecule has 0 saturated heterocycles. The van der Waals surface area contributed by atoms with Gasteiger partial charge in [-0.2, -0.15) is 0 Å². The van der Waals surface area contributed by atoms with E-state index in [1.807, 2.05) is 0 Å². The summed E-state index contributed by atoms with van der Waals surface area (Å²) < 4.78 is 0. The van der Waals surface area contributed by atoms with E-state index >= 15 is 0 Å². The lowest BCUT2D eigenvalue weighted by molar-refractivity contribution is 0.356. The van der Waals surface area contributed by atoms with E-state index in [0.717, 1.165) is 12.8 Å². The predicted octanol–water partition coefficient (Wildman–Crippen LogP) is 7.26. The maximum Gasteiger partial charge on any atom is 0.00231 e. The maximum absolute atomic E-state index is 4.51. The Morgan fingerprint density at radius 2 is 1.71 bits per heavy atom. The highest BCUT2D eigenvalue weighted by atomic mass is 14.4. The fourth-order valence-electron chi connectivity index (χ4n) is 4.50. The zero-order chi connectivity index (χ0) is 18.0. The zero-order valence-corrected chi connectivity index (χ0v) is 16.2. The van der Waals surface area contributed by atoms with Gasteiger partial charge in [0.25, 0.3) is 0 Å². The van der Waals surface area contributed by atoms with Crippen LogP contribution in [-0.4, -0.2) is 0 Å². The number of hydrogen-bond acceptors (Lipinski definition) is 0. The van der Waals surface area contributed by atoms with Crippen molar-refractivity contribution in [3.05, 3.63) is 71.8 Å². The van der Waals surface area contributed by atoms with Gasteiger partial charge in [-0.25, -0.2) is 0 Å². The van der Waals surface area contributed by atoms with Crippen LogP contribution >= 0.6 is 0 Å². The molecule has 0 amide bonds. The molecule has 0 heteroatoms. The van der Waals surface area contributed by atoms with Crippen molar-refractivity contribution >= 4 is 0 Å². The van der Waals surface area contributed by atoms with Crippen LogP contribution in [0.25, 0.3) is 0 Å². The average Bonchev–Trinajstić information content (AvgIpc) is 2.57. The number of hydrogen-bond donors (Lipinski definition) is 0. The van der Waals surface area contributed by atoms with E-state index < -0.39 is 0 Å². The average molecular weight is 323 g/mol. The third kappa shape index (κ3) is 3.43. The number of fused-ring (bicyclic) bond motifs is 1. The topological polar surface area (TPSA) is 0 Å². The first-order valence-electron chi connectivity index (χ1n) is 9.40. The van der Waals surface area contributed by atoms with E-state index in [9.17, 15) is 0 Å². The summed E-state index contributed by atoms with van der Waals surface area (Å²) in [6.45, 7) is 24.5. The lowest BCUT2D eigenvalue weighted by Crippen LogP contribution is -2.29. The van der Waals surface area contributed by atoms with Crippen LogP contribution in [0.5, 0.6) is 0 Å². The van der Waals surface area contributed by atoms with Crippen LogP contribution in [-0.2, 0) is 0 Å². The molecule has 1 aliphatic carbocycles. The minimum Gasteiger partial charge on any atom is -0.0998 e.